The van der Waals surface area contributed by atoms with E-state index in [0.29, 0.717) is 6.54 Å². The molecule has 0 aliphatic carbocycles. The standard InChI is InChI=1S/C16H27N3O3S/c1-13-5-6-15(11-14(13)12-20)23-19(10-9-18(2)3)8-4-7-17-16(21)22/h5-6,11,17,20H,4,7-10,12H2,1-3H3,(H,21,22). The quantitative estimate of drug-likeness (QED) is 0.446. The first kappa shape index (κ1) is 19.8. The van der Waals surface area contributed by atoms with Crippen molar-refractivity contribution in [2.45, 2.75) is 24.8 Å². The highest BCUT2D eigenvalue weighted by Gasteiger charge is 2.09. The number of benzene rings is 1. The van der Waals surface area contributed by atoms with Gasteiger partial charge in [-0.2, -0.15) is 0 Å². The molecule has 7 heteroatoms. The molecule has 0 aromatic heterocycles. The van der Waals surface area contributed by atoms with Crippen LogP contribution in [0, 0.1) is 6.92 Å². The summed E-state index contributed by atoms with van der Waals surface area (Å²) in [7, 11) is 4.06. The van der Waals surface area contributed by atoms with E-state index >= 15 is 0 Å². The Morgan fingerprint density at radius 2 is 2.00 bits per heavy atom. The van der Waals surface area contributed by atoms with Crippen LogP contribution in [0.2, 0.25) is 0 Å². The molecule has 0 atom stereocenters. The number of rotatable bonds is 10. The van der Waals surface area contributed by atoms with Crippen LogP contribution in [-0.4, -0.2) is 65.8 Å². The normalized spacial score (nSPS) is 11.2. The maximum atomic E-state index is 10.5. The summed E-state index contributed by atoms with van der Waals surface area (Å²) in [5.41, 5.74) is 2.03. The average Bonchev–Trinajstić information content (AvgIpc) is 2.50. The summed E-state index contributed by atoms with van der Waals surface area (Å²) < 4.78 is 2.23. The van der Waals surface area contributed by atoms with Gasteiger partial charge in [0.15, 0.2) is 0 Å². The number of aryl methyl sites for hydroxylation is 1. The van der Waals surface area contributed by atoms with Crippen molar-refractivity contribution in [1.29, 1.82) is 0 Å². The number of amides is 1. The maximum Gasteiger partial charge on any atom is 0.404 e. The van der Waals surface area contributed by atoms with E-state index in [1.165, 1.54) is 0 Å². The van der Waals surface area contributed by atoms with E-state index in [9.17, 15) is 9.90 Å². The molecule has 0 bridgehead atoms. The molecule has 0 heterocycles. The zero-order valence-corrected chi connectivity index (χ0v) is 14.9. The van der Waals surface area contributed by atoms with Gasteiger partial charge in [-0.15, -0.1) is 0 Å². The fourth-order valence-electron chi connectivity index (χ4n) is 1.99. The van der Waals surface area contributed by atoms with Crippen molar-refractivity contribution in [2.24, 2.45) is 0 Å². The molecule has 3 N–H and O–H groups in total. The monoisotopic (exact) mass is 341 g/mol. The molecule has 1 aromatic carbocycles. The summed E-state index contributed by atoms with van der Waals surface area (Å²) in [5, 5.41) is 20.4. The Bertz CT molecular complexity index is 497. The van der Waals surface area contributed by atoms with Crippen LogP contribution in [0.4, 0.5) is 4.79 Å². The molecule has 130 valence electrons. The Balaban J connectivity index is 2.61. The second-order valence-corrected chi connectivity index (χ2v) is 6.83. The van der Waals surface area contributed by atoms with E-state index in [1.807, 2.05) is 33.2 Å². The Kier molecular flexibility index (Phi) is 9.01. The van der Waals surface area contributed by atoms with Crippen molar-refractivity contribution >= 4 is 18.0 Å². The second-order valence-electron chi connectivity index (χ2n) is 5.66. The van der Waals surface area contributed by atoms with Gasteiger partial charge in [-0.25, -0.2) is 9.10 Å². The fourth-order valence-corrected chi connectivity index (χ4v) is 3.00. The van der Waals surface area contributed by atoms with Crippen molar-refractivity contribution in [3.05, 3.63) is 29.3 Å². The van der Waals surface area contributed by atoms with Gasteiger partial charge in [0, 0.05) is 31.1 Å². The van der Waals surface area contributed by atoms with Gasteiger partial charge in [-0.05, 0) is 62.6 Å². The van der Waals surface area contributed by atoms with Crippen LogP contribution < -0.4 is 5.32 Å². The number of carbonyl (C=O) groups is 1. The van der Waals surface area contributed by atoms with Crippen molar-refractivity contribution in [2.75, 3.05) is 40.3 Å². The van der Waals surface area contributed by atoms with E-state index in [2.05, 4.69) is 20.6 Å². The summed E-state index contributed by atoms with van der Waals surface area (Å²) in [5.74, 6) is 0. The van der Waals surface area contributed by atoms with Crippen molar-refractivity contribution in [1.82, 2.24) is 14.5 Å². The third-order valence-corrected chi connectivity index (χ3v) is 4.47. The Hall–Kier alpha value is -1.28. The van der Waals surface area contributed by atoms with E-state index in [0.717, 1.165) is 42.1 Å². The van der Waals surface area contributed by atoms with Gasteiger partial charge in [0.2, 0.25) is 0 Å². The maximum absolute atomic E-state index is 10.5. The van der Waals surface area contributed by atoms with Gasteiger partial charge in [0.05, 0.1) is 6.61 Å². The van der Waals surface area contributed by atoms with Gasteiger partial charge in [0.1, 0.15) is 0 Å². The SMILES string of the molecule is Cc1ccc(SN(CCCNC(=O)O)CCN(C)C)cc1CO. The van der Waals surface area contributed by atoms with Crippen LogP contribution in [0.5, 0.6) is 0 Å². The molecule has 0 saturated carbocycles. The van der Waals surface area contributed by atoms with Crippen molar-refractivity contribution < 1.29 is 15.0 Å². The third kappa shape index (κ3) is 8.22. The Labute approximate surface area is 142 Å². The lowest BCUT2D eigenvalue weighted by Crippen LogP contribution is -2.30. The molecular formula is C16H27N3O3S. The lowest BCUT2D eigenvalue weighted by atomic mass is 10.1. The van der Waals surface area contributed by atoms with Crippen LogP contribution in [0.3, 0.4) is 0 Å². The van der Waals surface area contributed by atoms with Crippen LogP contribution in [0.1, 0.15) is 17.5 Å². The zero-order chi connectivity index (χ0) is 17.2. The third-order valence-electron chi connectivity index (χ3n) is 3.38. The first-order valence-corrected chi connectivity index (χ1v) is 8.44. The highest BCUT2D eigenvalue weighted by Crippen LogP contribution is 2.25. The molecular weight excluding hydrogens is 314 g/mol. The van der Waals surface area contributed by atoms with Crippen molar-refractivity contribution in [3.63, 3.8) is 0 Å². The van der Waals surface area contributed by atoms with Crippen molar-refractivity contribution in [3.8, 4) is 0 Å². The lowest BCUT2D eigenvalue weighted by molar-refractivity contribution is 0.194. The van der Waals surface area contributed by atoms with Gasteiger partial charge in [-0.3, -0.25) is 0 Å². The number of hydrogen-bond donors (Lipinski definition) is 3. The van der Waals surface area contributed by atoms with E-state index in [1.54, 1.807) is 11.9 Å². The number of aliphatic hydroxyl groups excluding tert-OH is 1. The molecule has 0 saturated heterocycles. The number of aliphatic hydroxyl groups is 1. The number of carboxylic acid groups (broad SMARTS) is 1. The Morgan fingerprint density at radius 1 is 1.26 bits per heavy atom. The predicted octanol–water partition coefficient (Wildman–Crippen LogP) is 2.02. The molecule has 6 nitrogen and oxygen atoms in total. The fraction of sp³-hybridized carbons (Fsp3) is 0.562. The number of nitrogens with zero attached hydrogens (tertiary/aromatic N) is 2. The number of nitrogens with one attached hydrogen (secondary N) is 1. The van der Waals surface area contributed by atoms with E-state index in [4.69, 9.17) is 5.11 Å². The van der Waals surface area contributed by atoms with E-state index in [-0.39, 0.29) is 6.61 Å². The molecule has 0 spiro atoms. The Morgan fingerprint density at radius 3 is 2.61 bits per heavy atom. The number of likely N-dealkylation sites (N-methyl/N-ethyl adjacent to an activating group) is 1. The average molecular weight is 341 g/mol. The first-order valence-electron chi connectivity index (χ1n) is 7.67. The molecule has 0 aliphatic rings. The molecule has 0 unspecified atom stereocenters. The summed E-state index contributed by atoms with van der Waals surface area (Å²) in [4.78, 5) is 13.7. The topological polar surface area (TPSA) is 76.0 Å². The highest BCUT2D eigenvalue weighted by molar-refractivity contribution is 7.97. The molecule has 0 aliphatic heterocycles. The molecule has 0 fully saturated rings. The van der Waals surface area contributed by atoms with E-state index < -0.39 is 6.09 Å². The summed E-state index contributed by atoms with van der Waals surface area (Å²) >= 11 is 1.65. The molecule has 0 radical (unpaired) electrons. The highest BCUT2D eigenvalue weighted by atomic mass is 32.2. The zero-order valence-electron chi connectivity index (χ0n) is 14.1. The smallest absolute Gasteiger partial charge is 0.404 e. The largest absolute Gasteiger partial charge is 0.465 e. The van der Waals surface area contributed by atoms with Gasteiger partial charge in [-0.1, -0.05) is 6.07 Å². The first-order chi connectivity index (χ1) is 10.9. The van der Waals surface area contributed by atoms with Crippen LogP contribution in [0.15, 0.2) is 23.1 Å². The molecule has 23 heavy (non-hydrogen) atoms. The van der Waals surface area contributed by atoms with Crippen LogP contribution in [0.25, 0.3) is 0 Å². The van der Waals surface area contributed by atoms with Gasteiger partial charge in [0.25, 0.3) is 0 Å². The van der Waals surface area contributed by atoms with Gasteiger partial charge >= 0.3 is 6.09 Å². The minimum absolute atomic E-state index is 0.0421. The summed E-state index contributed by atoms with van der Waals surface area (Å²) in [6.45, 7) is 5.08. The predicted molar refractivity (Wildman–Crippen MR) is 93.7 cm³/mol. The lowest BCUT2D eigenvalue weighted by Gasteiger charge is -2.23. The summed E-state index contributed by atoms with van der Waals surface area (Å²) in [6, 6.07) is 6.08. The molecule has 1 aromatic rings. The van der Waals surface area contributed by atoms with Gasteiger partial charge < -0.3 is 20.4 Å². The number of hydrogen-bond acceptors (Lipinski definition) is 5. The second kappa shape index (κ2) is 10.5. The van der Waals surface area contributed by atoms with Crippen LogP contribution >= 0.6 is 11.9 Å². The van der Waals surface area contributed by atoms with Crippen LogP contribution in [-0.2, 0) is 6.61 Å². The minimum Gasteiger partial charge on any atom is -0.465 e. The molecule has 1 rings (SSSR count). The summed E-state index contributed by atoms with van der Waals surface area (Å²) in [6.07, 6.45) is -0.227. The molecule has 1 amide bonds. The minimum atomic E-state index is -0.983.